The van der Waals surface area contributed by atoms with E-state index in [4.69, 9.17) is 9.47 Å². The lowest BCUT2D eigenvalue weighted by Gasteiger charge is -2.26. The zero-order valence-electron chi connectivity index (χ0n) is 16.7. The number of carbonyl (C=O) groups excluding carboxylic acids is 2. The maximum Gasteiger partial charge on any atom is 0.325 e. The summed E-state index contributed by atoms with van der Waals surface area (Å²) in [6.07, 6.45) is 0.457. The number of amides is 3. The molecule has 1 fully saturated rings. The zero-order valence-corrected chi connectivity index (χ0v) is 16.7. The maximum atomic E-state index is 13.2. The Kier molecular flexibility index (Phi) is 5.58. The molecule has 3 amide bonds. The number of imide groups is 1. The average Bonchev–Trinajstić information content (AvgIpc) is 2.94. The molecule has 0 radical (unpaired) electrons. The van der Waals surface area contributed by atoms with E-state index in [1.807, 2.05) is 63.2 Å². The van der Waals surface area contributed by atoms with Crippen LogP contribution in [0.3, 0.4) is 0 Å². The van der Waals surface area contributed by atoms with Crippen molar-refractivity contribution in [3.8, 4) is 11.5 Å². The minimum absolute atomic E-state index is 0.190. The summed E-state index contributed by atoms with van der Waals surface area (Å²) in [5, 5.41) is 2.90. The molecule has 6 heteroatoms. The molecule has 1 heterocycles. The molecule has 1 atom stereocenters. The number of carbonyl (C=O) groups is 2. The molecule has 0 aromatic heterocycles. The number of benzene rings is 2. The van der Waals surface area contributed by atoms with Crippen molar-refractivity contribution in [3.05, 3.63) is 59.2 Å². The quantitative estimate of drug-likeness (QED) is 0.744. The molecule has 0 aliphatic carbocycles. The van der Waals surface area contributed by atoms with Crippen molar-refractivity contribution in [2.45, 2.75) is 32.7 Å². The topological polar surface area (TPSA) is 67.9 Å². The largest absolute Gasteiger partial charge is 0.496 e. The molecule has 1 saturated heterocycles. The van der Waals surface area contributed by atoms with Crippen LogP contribution in [0.5, 0.6) is 11.5 Å². The molecule has 2 aromatic carbocycles. The van der Waals surface area contributed by atoms with Crippen LogP contribution < -0.4 is 14.8 Å². The van der Waals surface area contributed by atoms with Gasteiger partial charge in [-0.2, -0.15) is 0 Å². The van der Waals surface area contributed by atoms with Crippen molar-refractivity contribution in [1.82, 2.24) is 10.2 Å². The Morgan fingerprint density at radius 1 is 1.07 bits per heavy atom. The van der Waals surface area contributed by atoms with Gasteiger partial charge in [0.05, 0.1) is 13.7 Å². The molecule has 1 aliphatic heterocycles. The first-order valence-corrected chi connectivity index (χ1v) is 9.40. The van der Waals surface area contributed by atoms with Gasteiger partial charge in [0.15, 0.2) is 0 Å². The molecule has 0 saturated carbocycles. The predicted octanol–water partition coefficient (Wildman–Crippen LogP) is 3.55. The third-order valence-corrected chi connectivity index (χ3v) is 5.20. The molecule has 1 N–H and O–H groups in total. The van der Waals surface area contributed by atoms with Gasteiger partial charge in [0, 0.05) is 0 Å². The van der Waals surface area contributed by atoms with Crippen LogP contribution in [0.25, 0.3) is 0 Å². The minimum Gasteiger partial charge on any atom is -0.496 e. The maximum absolute atomic E-state index is 13.2. The Hall–Kier alpha value is -3.02. The number of hydrogen-bond donors (Lipinski definition) is 1. The zero-order chi connectivity index (χ0) is 20.3. The molecule has 148 valence electrons. The van der Waals surface area contributed by atoms with E-state index >= 15 is 0 Å². The number of ether oxygens (including phenoxy) is 2. The van der Waals surface area contributed by atoms with Crippen molar-refractivity contribution in [2.24, 2.45) is 0 Å². The Labute approximate surface area is 165 Å². The van der Waals surface area contributed by atoms with Gasteiger partial charge in [-0.25, -0.2) is 4.79 Å². The highest BCUT2D eigenvalue weighted by atomic mass is 16.5. The second-order valence-corrected chi connectivity index (χ2v) is 6.99. The monoisotopic (exact) mass is 382 g/mol. The summed E-state index contributed by atoms with van der Waals surface area (Å²) >= 11 is 0. The second-order valence-electron chi connectivity index (χ2n) is 6.99. The third-order valence-electron chi connectivity index (χ3n) is 5.20. The first kappa shape index (κ1) is 19.7. The van der Waals surface area contributed by atoms with Crippen LogP contribution in [-0.4, -0.2) is 37.1 Å². The van der Waals surface area contributed by atoms with Crippen molar-refractivity contribution in [3.63, 3.8) is 0 Å². The number of nitrogens with one attached hydrogen (secondary N) is 1. The van der Waals surface area contributed by atoms with E-state index in [-0.39, 0.29) is 19.1 Å². The molecule has 6 nitrogen and oxygen atoms in total. The van der Waals surface area contributed by atoms with Gasteiger partial charge >= 0.3 is 6.03 Å². The number of methoxy groups -OCH3 is 1. The molecule has 0 spiro atoms. The first-order valence-electron chi connectivity index (χ1n) is 9.40. The first-order chi connectivity index (χ1) is 13.4. The standard InChI is InChI=1S/C22H26N2O4/c1-5-22(17-8-11-19(27-4)16(3)14-17)20(25)24(21(26)23-22)12-13-28-18-9-6-15(2)7-10-18/h6-11,14H,5,12-13H2,1-4H3,(H,23,26). The fourth-order valence-corrected chi connectivity index (χ4v) is 3.50. The number of hydrogen-bond acceptors (Lipinski definition) is 4. The molecule has 1 aliphatic rings. The van der Waals surface area contributed by atoms with Gasteiger partial charge in [0.1, 0.15) is 23.6 Å². The van der Waals surface area contributed by atoms with Crippen LogP contribution in [0.1, 0.15) is 30.0 Å². The smallest absolute Gasteiger partial charge is 0.325 e. The molecule has 0 bridgehead atoms. The summed E-state index contributed by atoms with van der Waals surface area (Å²) < 4.78 is 11.0. The number of nitrogens with zero attached hydrogens (tertiary/aromatic N) is 1. The molecular formula is C22H26N2O4. The lowest BCUT2D eigenvalue weighted by Crippen LogP contribution is -2.43. The Balaban J connectivity index is 1.75. The summed E-state index contributed by atoms with van der Waals surface area (Å²) in [5.74, 6) is 1.21. The number of rotatable bonds is 7. The molecular weight excluding hydrogens is 356 g/mol. The van der Waals surface area contributed by atoms with Crippen molar-refractivity contribution in [1.29, 1.82) is 0 Å². The normalized spacial score (nSPS) is 18.9. The summed E-state index contributed by atoms with van der Waals surface area (Å²) in [6, 6.07) is 12.8. The molecule has 28 heavy (non-hydrogen) atoms. The van der Waals surface area contributed by atoms with Crippen LogP contribution in [0, 0.1) is 13.8 Å². The van der Waals surface area contributed by atoms with Crippen molar-refractivity contribution >= 4 is 11.9 Å². The van der Waals surface area contributed by atoms with E-state index in [1.54, 1.807) is 7.11 Å². The van der Waals surface area contributed by atoms with E-state index in [0.29, 0.717) is 12.2 Å². The number of aryl methyl sites for hydroxylation is 2. The Bertz CT molecular complexity index is 879. The van der Waals surface area contributed by atoms with E-state index in [9.17, 15) is 9.59 Å². The summed E-state index contributed by atoms with van der Waals surface area (Å²) in [4.78, 5) is 27.0. The van der Waals surface area contributed by atoms with E-state index < -0.39 is 11.6 Å². The lowest BCUT2D eigenvalue weighted by atomic mass is 9.86. The van der Waals surface area contributed by atoms with Crippen LogP contribution in [0.2, 0.25) is 0 Å². The average molecular weight is 382 g/mol. The van der Waals surface area contributed by atoms with E-state index in [2.05, 4.69) is 5.32 Å². The summed E-state index contributed by atoms with van der Waals surface area (Å²) in [5.41, 5.74) is 1.76. The van der Waals surface area contributed by atoms with Crippen LogP contribution in [0.15, 0.2) is 42.5 Å². The van der Waals surface area contributed by atoms with Gasteiger partial charge in [-0.05, 0) is 55.7 Å². The Morgan fingerprint density at radius 2 is 1.79 bits per heavy atom. The van der Waals surface area contributed by atoms with Gasteiger partial charge in [0.25, 0.3) is 5.91 Å². The van der Waals surface area contributed by atoms with E-state index in [0.717, 1.165) is 22.4 Å². The SMILES string of the molecule is CCC1(c2ccc(OC)c(C)c2)NC(=O)N(CCOc2ccc(C)cc2)C1=O. The second kappa shape index (κ2) is 7.92. The fraction of sp³-hybridized carbons (Fsp3) is 0.364. The van der Waals surface area contributed by atoms with Gasteiger partial charge < -0.3 is 14.8 Å². The summed E-state index contributed by atoms with van der Waals surface area (Å²) in [7, 11) is 1.61. The molecule has 2 aromatic rings. The van der Waals surface area contributed by atoms with Crippen LogP contribution >= 0.6 is 0 Å². The van der Waals surface area contributed by atoms with Crippen LogP contribution in [0.4, 0.5) is 4.79 Å². The molecule has 3 rings (SSSR count). The van der Waals surface area contributed by atoms with Gasteiger partial charge in [-0.15, -0.1) is 0 Å². The highest BCUT2D eigenvalue weighted by molar-refractivity contribution is 6.07. The predicted molar refractivity (Wildman–Crippen MR) is 107 cm³/mol. The fourth-order valence-electron chi connectivity index (χ4n) is 3.50. The molecule has 1 unspecified atom stereocenters. The van der Waals surface area contributed by atoms with Crippen molar-refractivity contribution in [2.75, 3.05) is 20.3 Å². The third kappa shape index (κ3) is 3.54. The van der Waals surface area contributed by atoms with E-state index in [1.165, 1.54) is 4.90 Å². The van der Waals surface area contributed by atoms with Gasteiger partial charge in [-0.3, -0.25) is 9.69 Å². The van der Waals surface area contributed by atoms with Crippen molar-refractivity contribution < 1.29 is 19.1 Å². The highest BCUT2D eigenvalue weighted by Gasteiger charge is 2.51. The summed E-state index contributed by atoms with van der Waals surface area (Å²) in [6.45, 7) is 6.24. The highest BCUT2D eigenvalue weighted by Crippen LogP contribution is 2.34. The number of urea groups is 1. The minimum atomic E-state index is -1.06. The lowest BCUT2D eigenvalue weighted by molar-refractivity contribution is -0.132. The Morgan fingerprint density at radius 3 is 2.39 bits per heavy atom. The van der Waals surface area contributed by atoms with Gasteiger partial charge in [-0.1, -0.05) is 30.7 Å². The van der Waals surface area contributed by atoms with Crippen LogP contribution in [-0.2, 0) is 10.3 Å². The van der Waals surface area contributed by atoms with Gasteiger partial charge in [0.2, 0.25) is 0 Å².